The van der Waals surface area contributed by atoms with E-state index in [0.717, 1.165) is 16.3 Å². The van der Waals surface area contributed by atoms with Crippen molar-refractivity contribution < 1.29 is 4.79 Å². The fourth-order valence-corrected chi connectivity index (χ4v) is 2.42. The molecule has 0 aliphatic carbocycles. The van der Waals surface area contributed by atoms with Crippen LogP contribution in [0.1, 0.15) is 5.56 Å². The molecule has 2 N–H and O–H groups in total. The Balaban J connectivity index is 2.21. The molecule has 0 bridgehead atoms. The number of carbonyl (C=O) groups excluding carboxylic acids is 1. The van der Waals surface area contributed by atoms with Crippen LogP contribution in [0.15, 0.2) is 42.0 Å². The van der Waals surface area contributed by atoms with Crippen molar-refractivity contribution in [3.05, 3.63) is 52.6 Å². The van der Waals surface area contributed by atoms with Crippen LogP contribution in [-0.4, -0.2) is 12.5 Å². The van der Waals surface area contributed by atoms with E-state index < -0.39 is 0 Å². The van der Waals surface area contributed by atoms with Gasteiger partial charge in [-0.2, -0.15) is 0 Å². The highest BCUT2D eigenvalue weighted by molar-refractivity contribution is 6.36. The summed E-state index contributed by atoms with van der Waals surface area (Å²) in [7, 11) is 0. The van der Waals surface area contributed by atoms with Gasteiger partial charge < -0.3 is 0 Å². The molecule has 1 heterocycles. The number of nitrogens with one attached hydrogen (secondary N) is 2. The minimum atomic E-state index is -0.0842. The average molecular weight is 259 g/mol. The van der Waals surface area contributed by atoms with E-state index in [0.29, 0.717) is 17.1 Å². The molecule has 1 saturated heterocycles. The van der Waals surface area contributed by atoms with Gasteiger partial charge in [0.25, 0.3) is 5.91 Å². The van der Waals surface area contributed by atoms with Crippen LogP contribution in [0, 0.1) is 0 Å². The Hall–Kier alpha value is -1.84. The van der Waals surface area contributed by atoms with Crippen molar-refractivity contribution in [2.45, 2.75) is 0 Å². The molecule has 0 aromatic heterocycles. The second-order valence-electron chi connectivity index (χ2n) is 4.16. The molecular formula is C14H11ClN2O. The largest absolute Gasteiger partial charge is 0.287 e. The van der Waals surface area contributed by atoms with Crippen LogP contribution in [0.3, 0.4) is 0 Å². The van der Waals surface area contributed by atoms with E-state index in [1.54, 1.807) is 0 Å². The van der Waals surface area contributed by atoms with Gasteiger partial charge in [-0.3, -0.25) is 10.2 Å². The summed E-state index contributed by atoms with van der Waals surface area (Å²) in [5.74, 6) is -0.0842. The highest BCUT2D eigenvalue weighted by Crippen LogP contribution is 2.28. The summed E-state index contributed by atoms with van der Waals surface area (Å²) in [5.41, 5.74) is 7.04. The zero-order valence-corrected chi connectivity index (χ0v) is 10.3. The molecule has 3 rings (SSSR count). The van der Waals surface area contributed by atoms with E-state index in [2.05, 4.69) is 10.9 Å². The molecule has 90 valence electrons. The fraction of sp³-hybridized carbons (Fsp3) is 0.0714. The summed E-state index contributed by atoms with van der Waals surface area (Å²) in [4.78, 5) is 11.5. The summed E-state index contributed by atoms with van der Waals surface area (Å²) < 4.78 is 0. The molecule has 1 aliphatic rings. The molecule has 1 aliphatic heterocycles. The summed E-state index contributed by atoms with van der Waals surface area (Å²) in [6.07, 6.45) is 1.88. The molecule has 1 fully saturated rings. The second kappa shape index (κ2) is 4.44. The van der Waals surface area contributed by atoms with Gasteiger partial charge in [0, 0.05) is 22.5 Å². The molecule has 1 amide bonds. The third-order valence-corrected chi connectivity index (χ3v) is 3.30. The Bertz CT molecular complexity index is 659. The highest BCUT2D eigenvalue weighted by atomic mass is 35.5. The van der Waals surface area contributed by atoms with Crippen LogP contribution in [-0.2, 0) is 4.79 Å². The van der Waals surface area contributed by atoms with E-state index in [4.69, 9.17) is 11.6 Å². The predicted molar refractivity (Wildman–Crippen MR) is 73.1 cm³/mol. The first kappa shape index (κ1) is 11.3. The first-order valence-electron chi connectivity index (χ1n) is 5.67. The van der Waals surface area contributed by atoms with Crippen molar-refractivity contribution >= 4 is 34.4 Å². The number of rotatable bonds is 1. The van der Waals surface area contributed by atoms with Crippen LogP contribution in [0.2, 0.25) is 5.02 Å². The zero-order valence-electron chi connectivity index (χ0n) is 9.53. The summed E-state index contributed by atoms with van der Waals surface area (Å²) in [6, 6.07) is 11.7. The van der Waals surface area contributed by atoms with Gasteiger partial charge in [-0.05, 0) is 23.1 Å². The van der Waals surface area contributed by atoms with Gasteiger partial charge in [-0.1, -0.05) is 41.9 Å². The third-order valence-electron chi connectivity index (χ3n) is 2.99. The number of amides is 1. The quantitative estimate of drug-likeness (QED) is 0.772. The van der Waals surface area contributed by atoms with E-state index in [9.17, 15) is 4.79 Å². The smallest absolute Gasteiger partial charge is 0.262 e. The van der Waals surface area contributed by atoms with Gasteiger partial charge in [0.15, 0.2) is 0 Å². The number of fused-ring (bicyclic) bond motifs is 1. The van der Waals surface area contributed by atoms with Crippen molar-refractivity contribution in [2.24, 2.45) is 0 Å². The standard InChI is InChI=1S/C14H11ClN2O/c15-12-6-2-4-9-3-1-5-10(13(9)12)7-11-8-16-17-14(11)18/h1-7,16H,8H2,(H,17,18)/b11-7+. The molecule has 0 radical (unpaired) electrons. The Morgan fingerprint density at radius 3 is 2.67 bits per heavy atom. The molecule has 18 heavy (non-hydrogen) atoms. The highest BCUT2D eigenvalue weighted by Gasteiger charge is 2.16. The van der Waals surface area contributed by atoms with Crippen LogP contribution >= 0.6 is 11.6 Å². The van der Waals surface area contributed by atoms with Crippen LogP contribution in [0.25, 0.3) is 16.8 Å². The maximum atomic E-state index is 11.5. The molecular weight excluding hydrogens is 248 g/mol. The molecule has 0 spiro atoms. The SMILES string of the molecule is O=C1NNC/C1=C\c1cccc2cccc(Cl)c12. The number of hydrazine groups is 1. The summed E-state index contributed by atoms with van der Waals surface area (Å²) in [5, 5.41) is 2.75. The summed E-state index contributed by atoms with van der Waals surface area (Å²) in [6.45, 7) is 0.527. The Morgan fingerprint density at radius 1 is 1.17 bits per heavy atom. The Kier molecular flexibility index (Phi) is 2.78. The minimum absolute atomic E-state index is 0.0842. The van der Waals surface area contributed by atoms with E-state index in [-0.39, 0.29) is 5.91 Å². The van der Waals surface area contributed by atoms with Crippen LogP contribution < -0.4 is 10.9 Å². The number of hydrogen-bond acceptors (Lipinski definition) is 2. The first-order valence-corrected chi connectivity index (χ1v) is 6.04. The Morgan fingerprint density at radius 2 is 1.94 bits per heavy atom. The third kappa shape index (κ3) is 1.88. The van der Waals surface area contributed by atoms with Crippen molar-refractivity contribution in [3.63, 3.8) is 0 Å². The van der Waals surface area contributed by atoms with Crippen molar-refractivity contribution in [1.82, 2.24) is 10.9 Å². The molecule has 0 atom stereocenters. The van der Waals surface area contributed by atoms with Crippen LogP contribution in [0.5, 0.6) is 0 Å². The van der Waals surface area contributed by atoms with Crippen LogP contribution in [0.4, 0.5) is 0 Å². The normalized spacial score (nSPS) is 17.4. The van der Waals surface area contributed by atoms with E-state index in [1.165, 1.54) is 0 Å². The molecule has 2 aromatic carbocycles. The lowest BCUT2D eigenvalue weighted by Crippen LogP contribution is -2.25. The fourth-order valence-electron chi connectivity index (χ4n) is 2.13. The summed E-state index contributed by atoms with van der Waals surface area (Å²) >= 11 is 6.24. The maximum Gasteiger partial charge on any atom is 0.262 e. The molecule has 0 saturated carbocycles. The Labute approximate surface area is 109 Å². The predicted octanol–water partition coefficient (Wildman–Crippen LogP) is 2.51. The van der Waals surface area contributed by atoms with E-state index in [1.807, 2.05) is 42.5 Å². The molecule has 4 heteroatoms. The first-order chi connectivity index (χ1) is 8.75. The zero-order chi connectivity index (χ0) is 12.5. The molecule has 2 aromatic rings. The van der Waals surface area contributed by atoms with Gasteiger partial charge in [-0.25, -0.2) is 5.43 Å². The van der Waals surface area contributed by atoms with Gasteiger partial charge in [0.1, 0.15) is 0 Å². The molecule has 3 nitrogen and oxygen atoms in total. The van der Waals surface area contributed by atoms with Gasteiger partial charge in [-0.15, -0.1) is 0 Å². The average Bonchev–Trinajstić information content (AvgIpc) is 2.76. The van der Waals surface area contributed by atoms with Gasteiger partial charge >= 0.3 is 0 Å². The number of halogens is 1. The number of hydrogen-bond donors (Lipinski definition) is 2. The lowest BCUT2D eigenvalue weighted by molar-refractivity contribution is -0.116. The van der Waals surface area contributed by atoms with Crippen molar-refractivity contribution in [1.29, 1.82) is 0 Å². The minimum Gasteiger partial charge on any atom is -0.287 e. The van der Waals surface area contributed by atoms with Crippen molar-refractivity contribution in [3.8, 4) is 0 Å². The van der Waals surface area contributed by atoms with Crippen molar-refractivity contribution in [2.75, 3.05) is 6.54 Å². The van der Waals surface area contributed by atoms with E-state index >= 15 is 0 Å². The van der Waals surface area contributed by atoms with Gasteiger partial charge in [0.2, 0.25) is 0 Å². The monoisotopic (exact) mass is 258 g/mol. The lowest BCUT2D eigenvalue weighted by atomic mass is 10.0. The number of benzene rings is 2. The molecule has 0 unspecified atom stereocenters. The van der Waals surface area contributed by atoms with Gasteiger partial charge in [0.05, 0.1) is 0 Å². The number of carbonyl (C=O) groups is 1. The topological polar surface area (TPSA) is 41.1 Å². The second-order valence-corrected chi connectivity index (χ2v) is 4.57. The maximum absolute atomic E-state index is 11.5. The lowest BCUT2D eigenvalue weighted by Gasteiger charge is -2.05.